The summed E-state index contributed by atoms with van der Waals surface area (Å²) in [6, 6.07) is 4.21. The van der Waals surface area contributed by atoms with Gasteiger partial charge in [-0.15, -0.1) is 0 Å². The lowest BCUT2D eigenvalue weighted by Gasteiger charge is -2.29. The number of nitrogens with zero attached hydrogens (tertiary/aromatic N) is 3. The fourth-order valence-electron chi connectivity index (χ4n) is 2.55. The van der Waals surface area contributed by atoms with Gasteiger partial charge in [-0.25, -0.2) is 0 Å². The third-order valence-corrected chi connectivity index (χ3v) is 3.74. The summed E-state index contributed by atoms with van der Waals surface area (Å²) in [7, 11) is 0. The number of hydrogen-bond donors (Lipinski definition) is 1. The molecule has 0 aliphatic carbocycles. The first-order valence-electron chi connectivity index (χ1n) is 7.33. The van der Waals surface area contributed by atoms with E-state index < -0.39 is 4.92 Å². The zero-order chi connectivity index (χ0) is 15.2. The molecule has 1 heterocycles. The maximum absolute atomic E-state index is 10.7. The van der Waals surface area contributed by atoms with Gasteiger partial charge in [0.25, 0.3) is 5.69 Å². The predicted molar refractivity (Wildman–Crippen MR) is 82.1 cm³/mol. The summed E-state index contributed by atoms with van der Waals surface area (Å²) < 4.78 is 0. The van der Waals surface area contributed by atoms with E-state index in [1.807, 2.05) is 0 Å². The van der Waals surface area contributed by atoms with Crippen molar-refractivity contribution in [3.05, 3.63) is 33.9 Å². The zero-order valence-corrected chi connectivity index (χ0v) is 12.2. The zero-order valence-electron chi connectivity index (χ0n) is 12.2. The standard InChI is InChI=1S/C15H21N3O3/c1-2-7-17-8-5-13(6-9-17)16-11-12-10-14(18(20)21)3-4-15(12)19/h3-4,10-11,13,19H,2,5-9H2,1H3. The van der Waals surface area contributed by atoms with Gasteiger partial charge in [0, 0.05) is 37.0 Å². The molecule has 1 N–H and O–H groups in total. The Hall–Kier alpha value is -1.95. The highest BCUT2D eigenvalue weighted by molar-refractivity contribution is 5.84. The van der Waals surface area contributed by atoms with Crippen molar-refractivity contribution in [1.29, 1.82) is 0 Å². The SMILES string of the molecule is CCCN1CCC(N=Cc2cc([N+](=O)[O-])ccc2O)CC1. The summed E-state index contributed by atoms with van der Waals surface area (Å²) in [5, 5.41) is 20.5. The van der Waals surface area contributed by atoms with Gasteiger partial charge in [-0.05, 0) is 31.9 Å². The number of aromatic hydroxyl groups is 1. The molecule has 6 nitrogen and oxygen atoms in total. The molecule has 0 radical (unpaired) electrons. The number of phenols is 1. The quantitative estimate of drug-likeness (QED) is 0.514. The number of nitro benzene ring substituents is 1. The largest absolute Gasteiger partial charge is 0.507 e. The maximum atomic E-state index is 10.7. The van der Waals surface area contributed by atoms with E-state index in [-0.39, 0.29) is 17.5 Å². The van der Waals surface area contributed by atoms with Gasteiger partial charge in [-0.3, -0.25) is 15.1 Å². The summed E-state index contributed by atoms with van der Waals surface area (Å²) in [6.45, 7) is 5.38. The fraction of sp³-hybridized carbons (Fsp3) is 0.533. The summed E-state index contributed by atoms with van der Waals surface area (Å²) in [5.74, 6) is 0.0211. The first-order valence-corrected chi connectivity index (χ1v) is 7.33. The van der Waals surface area contributed by atoms with Crippen LogP contribution >= 0.6 is 0 Å². The molecule has 0 amide bonds. The van der Waals surface area contributed by atoms with Crippen LogP contribution < -0.4 is 0 Å². The number of aliphatic imine (C=N–C) groups is 1. The smallest absolute Gasteiger partial charge is 0.270 e. The lowest BCUT2D eigenvalue weighted by molar-refractivity contribution is -0.384. The molecule has 1 fully saturated rings. The van der Waals surface area contributed by atoms with Crippen molar-refractivity contribution in [2.75, 3.05) is 19.6 Å². The van der Waals surface area contributed by atoms with Gasteiger partial charge in [0.05, 0.1) is 11.0 Å². The van der Waals surface area contributed by atoms with Crippen molar-refractivity contribution in [3.63, 3.8) is 0 Å². The Morgan fingerprint density at radius 3 is 2.81 bits per heavy atom. The van der Waals surface area contributed by atoms with E-state index in [1.54, 1.807) is 6.21 Å². The highest BCUT2D eigenvalue weighted by Crippen LogP contribution is 2.22. The van der Waals surface area contributed by atoms with Gasteiger partial charge in [0.15, 0.2) is 0 Å². The van der Waals surface area contributed by atoms with Gasteiger partial charge in [0.2, 0.25) is 0 Å². The predicted octanol–water partition coefficient (Wildman–Crippen LogP) is 2.59. The van der Waals surface area contributed by atoms with Crippen LogP contribution in [0.1, 0.15) is 31.7 Å². The summed E-state index contributed by atoms with van der Waals surface area (Å²) in [5.41, 5.74) is 0.368. The minimum absolute atomic E-state index is 0.0211. The van der Waals surface area contributed by atoms with Crippen LogP contribution in [0.25, 0.3) is 0 Å². The first kappa shape index (κ1) is 15.4. The number of non-ortho nitro benzene ring substituents is 1. The van der Waals surface area contributed by atoms with Crippen LogP contribution in [0.4, 0.5) is 5.69 Å². The molecule has 114 valence electrons. The normalized spacial score (nSPS) is 17.4. The minimum Gasteiger partial charge on any atom is -0.507 e. The third-order valence-electron chi connectivity index (χ3n) is 3.74. The molecule has 1 aliphatic heterocycles. The number of hydrogen-bond acceptors (Lipinski definition) is 5. The van der Waals surface area contributed by atoms with E-state index >= 15 is 0 Å². The first-order chi connectivity index (χ1) is 10.1. The van der Waals surface area contributed by atoms with E-state index in [2.05, 4.69) is 16.8 Å². The van der Waals surface area contributed by atoms with Crippen LogP contribution in [-0.2, 0) is 0 Å². The fourth-order valence-corrected chi connectivity index (χ4v) is 2.55. The van der Waals surface area contributed by atoms with Crippen molar-refractivity contribution in [3.8, 4) is 5.75 Å². The number of piperidine rings is 1. The van der Waals surface area contributed by atoms with Gasteiger partial charge in [-0.2, -0.15) is 0 Å². The van der Waals surface area contributed by atoms with Crippen molar-refractivity contribution in [2.45, 2.75) is 32.2 Å². The van der Waals surface area contributed by atoms with Gasteiger partial charge in [0.1, 0.15) is 5.75 Å². The molecule has 0 atom stereocenters. The Morgan fingerprint density at radius 2 is 2.19 bits per heavy atom. The molecule has 6 heteroatoms. The number of benzene rings is 1. The Balaban J connectivity index is 1.98. The van der Waals surface area contributed by atoms with Crippen LogP contribution in [0.15, 0.2) is 23.2 Å². The summed E-state index contributed by atoms with van der Waals surface area (Å²) in [6.07, 6.45) is 4.70. The Labute approximate surface area is 124 Å². The molecular formula is C15H21N3O3. The number of phenolic OH excluding ortho intramolecular Hbond substituents is 1. The molecule has 0 saturated carbocycles. The lowest BCUT2D eigenvalue weighted by Crippen LogP contribution is -2.35. The molecule has 1 aromatic carbocycles. The maximum Gasteiger partial charge on any atom is 0.270 e. The van der Waals surface area contributed by atoms with Crippen LogP contribution in [0.2, 0.25) is 0 Å². The van der Waals surface area contributed by atoms with E-state index in [4.69, 9.17) is 0 Å². The number of rotatable bonds is 5. The van der Waals surface area contributed by atoms with Crippen molar-refractivity contribution in [1.82, 2.24) is 4.90 Å². The second-order valence-electron chi connectivity index (χ2n) is 5.35. The highest BCUT2D eigenvalue weighted by atomic mass is 16.6. The van der Waals surface area contributed by atoms with Gasteiger partial charge < -0.3 is 10.0 Å². The number of nitro groups is 1. The van der Waals surface area contributed by atoms with Gasteiger partial charge in [-0.1, -0.05) is 6.92 Å². The highest BCUT2D eigenvalue weighted by Gasteiger charge is 2.17. The van der Waals surface area contributed by atoms with Gasteiger partial charge >= 0.3 is 0 Å². The topological polar surface area (TPSA) is 79.0 Å². The number of likely N-dealkylation sites (tertiary alicyclic amines) is 1. The van der Waals surface area contributed by atoms with E-state index in [0.29, 0.717) is 5.56 Å². The molecule has 2 rings (SSSR count). The Kier molecular flexibility index (Phi) is 5.27. The molecule has 21 heavy (non-hydrogen) atoms. The molecule has 1 aliphatic rings. The Bertz CT molecular complexity index is 523. The monoisotopic (exact) mass is 291 g/mol. The molecule has 0 aromatic heterocycles. The lowest BCUT2D eigenvalue weighted by atomic mass is 10.1. The Morgan fingerprint density at radius 1 is 1.48 bits per heavy atom. The van der Waals surface area contributed by atoms with Crippen LogP contribution in [0.5, 0.6) is 5.75 Å². The van der Waals surface area contributed by atoms with Crippen molar-refractivity contribution < 1.29 is 10.0 Å². The molecule has 1 saturated heterocycles. The summed E-state index contributed by atoms with van der Waals surface area (Å²) >= 11 is 0. The van der Waals surface area contributed by atoms with E-state index in [1.165, 1.54) is 18.2 Å². The molecule has 0 unspecified atom stereocenters. The molecular weight excluding hydrogens is 270 g/mol. The van der Waals surface area contributed by atoms with Crippen LogP contribution in [-0.4, -0.2) is 46.8 Å². The molecule has 0 bridgehead atoms. The van der Waals surface area contributed by atoms with Crippen molar-refractivity contribution in [2.24, 2.45) is 4.99 Å². The summed E-state index contributed by atoms with van der Waals surface area (Å²) in [4.78, 5) is 17.2. The average molecular weight is 291 g/mol. The van der Waals surface area contributed by atoms with E-state index in [0.717, 1.165) is 38.9 Å². The molecule has 1 aromatic rings. The van der Waals surface area contributed by atoms with Crippen molar-refractivity contribution >= 4 is 11.9 Å². The average Bonchev–Trinajstić information content (AvgIpc) is 2.48. The van der Waals surface area contributed by atoms with Crippen LogP contribution in [0, 0.1) is 10.1 Å². The molecule has 0 spiro atoms. The van der Waals surface area contributed by atoms with Crippen LogP contribution in [0.3, 0.4) is 0 Å². The second kappa shape index (κ2) is 7.17. The second-order valence-corrected chi connectivity index (χ2v) is 5.35. The minimum atomic E-state index is -0.472. The van der Waals surface area contributed by atoms with E-state index in [9.17, 15) is 15.2 Å². The third kappa shape index (κ3) is 4.26.